The number of carbonyl (C=O) groups is 1. The van der Waals surface area contributed by atoms with Gasteiger partial charge in [0.05, 0.1) is 11.0 Å². The van der Waals surface area contributed by atoms with Crippen LogP contribution < -0.4 is 0 Å². The number of hydrogen-bond acceptors (Lipinski definition) is 3. The molecule has 0 bridgehead atoms. The van der Waals surface area contributed by atoms with Crippen LogP contribution in [0.1, 0.15) is 49.4 Å². The Morgan fingerprint density at radius 2 is 2.16 bits per heavy atom. The number of piperidine rings is 1. The molecule has 4 rings (SSSR count). The molecule has 0 radical (unpaired) electrons. The number of hydrogen-bond donors (Lipinski definition) is 1. The summed E-state index contributed by atoms with van der Waals surface area (Å²) in [6.07, 6.45) is 4.87. The number of carbonyl (C=O) groups excluding carboxylic acids is 1. The molecule has 25 heavy (non-hydrogen) atoms. The van der Waals surface area contributed by atoms with Crippen LogP contribution in [0, 0.1) is 12.8 Å². The zero-order valence-electron chi connectivity index (χ0n) is 15.0. The van der Waals surface area contributed by atoms with Crippen molar-refractivity contribution in [3.63, 3.8) is 0 Å². The number of nitrogens with one attached hydrogen (secondary N) is 1. The third-order valence-corrected chi connectivity index (χ3v) is 5.62. The molecule has 2 fully saturated rings. The zero-order chi connectivity index (χ0) is 17.2. The van der Waals surface area contributed by atoms with Gasteiger partial charge in [-0.15, -0.1) is 0 Å². The average Bonchev–Trinajstić information content (AvgIpc) is 3.06. The lowest BCUT2D eigenvalue weighted by Crippen LogP contribution is -2.40. The Labute approximate surface area is 148 Å². The first-order chi connectivity index (χ1) is 12.2. The minimum absolute atomic E-state index is 0.309. The summed E-state index contributed by atoms with van der Waals surface area (Å²) < 4.78 is 5.40. The number of fused-ring (bicyclic) bond motifs is 1. The average molecular weight is 341 g/mol. The third kappa shape index (κ3) is 3.71. The van der Waals surface area contributed by atoms with Gasteiger partial charge >= 0.3 is 0 Å². The first kappa shape index (κ1) is 16.6. The van der Waals surface area contributed by atoms with Crippen LogP contribution in [-0.2, 0) is 9.53 Å². The van der Waals surface area contributed by atoms with Crippen LogP contribution in [0.25, 0.3) is 11.0 Å². The minimum atomic E-state index is 0.309. The van der Waals surface area contributed by atoms with E-state index >= 15 is 0 Å². The van der Waals surface area contributed by atoms with E-state index in [4.69, 9.17) is 9.72 Å². The largest absolute Gasteiger partial charge is 0.381 e. The van der Waals surface area contributed by atoms with Gasteiger partial charge in [-0.05, 0) is 56.2 Å². The summed E-state index contributed by atoms with van der Waals surface area (Å²) >= 11 is 0. The Morgan fingerprint density at radius 3 is 3.00 bits per heavy atom. The van der Waals surface area contributed by atoms with Gasteiger partial charge in [-0.2, -0.15) is 0 Å². The lowest BCUT2D eigenvalue weighted by atomic mass is 9.93. The molecule has 0 spiro atoms. The second-order valence-electron chi connectivity index (χ2n) is 7.58. The highest BCUT2D eigenvalue weighted by Gasteiger charge is 2.28. The Balaban J connectivity index is 1.43. The van der Waals surface area contributed by atoms with Crippen LogP contribution in [0.3, 0.4) is 0 Å². The highest BCUT2D eigenvalue weighted by molar-refractivity contribution is 5.77. The van der Waals surface area contributed by atoms with Gasteiger partial charge in [0.2, 0.25) is 5.91 Å². The van der Waals surface area contributed by atoms with Gasteiger partial charge in [-0.25, -0.2) is 4.98 Å². The van der Waals surface area contributed by atoms with Gasteiger partial charge in [0, 0.05) is 38.6 Å². The number of nitrogens with zero attached hydrogens (tertiary/aromatic N) is 2. The van der Waals surface area contributed by atoms with Crippen LogP contribution >= 0.6 is 0 Å². The number of aromatic nitrogens is 2. The maximum atomic E-state index is 12.7. The van der Waals surface area contributed by atoms with E-state index in [0.29, 0.717) is 24.2 Å². The van der Waals surface area contributed by atoms with E-state index in [9.17, 15) is 4.79 Å². The number of imidazole rings is 1. The first-order valence-corrected chi connectivity index (χ1v) is 9.51. The fraction of sp³-hybridized carbons (Fsp3) is 0.600. The molecule has 5 heteroatoms. The van der Waals surface area contributed by atoms with E-state index in [0.717, 1.165) is 68.8 Å². The molecule has 0 saturated carbocycles. The number of aryl methyl sites for hydroxylation is 1. The highest BCUT2D eigenvalue weighted by Crippen LogP contribution is 2.28. The number of aromatic amines is 1. The van der Waals surface area contributed by atoms with E-state index < -0.39 is 0 Å². The Bertz CT molecular complexity index is 748. The Morgan fingerprint density at radius 1 is 1.32 bits per heavy atom. The molecular weight excluding hydrogens is 314 g/mol. The molecular formula is C20H27N3O2. The number of rotatable bonds is 3. The number of ether oxygens (including phenoxy) is 1. The fourth-order valence-corrected chi connectivity index (χ4v) is 4.09. The lowest BCUT2D eigenvalue weighted by molar-refractivity contribution is -0.134. The lowest BCUT2D eigenvalue weighted by Gasteiger charge is -2.33. The molecule has 5 nitrogen and oxygen atoms in total. The summed E-state index contributed by atoms with van der Waals surface area (Å²) in [4.78, 5) is 23.0. The maximum Gasteiger partial charge on any atom is 0.222 e. The standard InChI is InChI=1S/C20H27N3O2/c1-14-4-5-17-18(11-14)22-20(21-17)16-3-2-8-23(13-16)19(24)12-15-6-9-25-10-7-15/h4-5,11,15-16H,2-3,6-10,12-13H2,1H3,(H,21,22). The minimum Gasteiger partial charge on any atom is -0.381 e. The van der Waals surface area contributed by atoms with Crippen LogP contribution in [0.4, 0.5) is 0 Å². The van der Waals surface area contributed by atoms with E-state index in [1.165, 1.54) is 5.56 Å². The van der Waals surface area contributed by atoms with Crippen LogP contribution in [0.5, 0.6) is 0 Å². The summed E-state index contributed by atoms with van der Waals surface area (Å²) in [7, 11) is 0. The molecule has 1 atom stereocenters. The van der Waals surface area contributed by atoms with Crippen LogP contribution in [0.2, 0.25) is 0 Å². The van der Waals surface area contributed by atoms with Crippen molar-refractivity contribution in [2.24, 2.45) is 5.92 Å². The summed E-state index contributed by atoms with van der Waals surface area (Å²) in [6.45, 7) is 5.38. The summed E-state index contributed by atoms with van der Waals surface area (Å²) in [5.74, 6) is 2.16. The number of benzene rings is 1. The topological polar surface area (TPSA) is 58.2 Å². The molecule has 0 aliphatic carbocycles. The summed E-state index contributed by atoms with van der Waals surface area (Å²) in [5, 5.41) is 0. The van der Waals surface area contributed by atoms with Gasteiger partial charge in [0.15, 0.2) is 0 Å². The quantitative estimate of drug-likeness (QED) is 0.931. The molecule has 1 aromatic carbocycles. The monoisotopic (exact) mass is 341 g/mol. The second-order valence-corrected chi connectivity index (χ2v) is 7.58. The van der Waals surface area contributed by atoms with Crippen molar-refractivity contribution < 1.29 is 9.53 Å². The normalized spacial score (nSPS) is 22.4. The predicted octanol–water partition coefficient (Wildman–Crippen LogP) is 3.39. The summed E-state index contributed by atoms with van der Waals surface area (Å²) in [5.41, 5.74) is 3.35. The molecule has 1 aromatic heterocycles. The molecule has 1 unspecified atom stereocenters. The predicted molar refractivity (Wildman–Crippen MR) is 97.5 cm³/mol. The Hall–Kier alpha value is -1.88. The molecule has 2 aliphatic rings. The van der Waals surface area contributed by atoms with Crippen LogP contribution in [-0.4, -0.2) is 47.1 Å². The van der Waals surface area contributed by atoms with Crippen molar-refractivity contribution in [3.8, 4) is 0 Å². The number of likely N-dealkylation sites (tertiary alicyclic amines) is 1. The van der Waals surface area contributed by atoms with Gasteiger partial charge in [-0.1, -0.05) is 6.07 Å². The molecule has 2 aliphatic heterocycles. The van der Waals surface area contributed by atoms with E-state index in [1.54, 1.807) is 0 Å². The molecule has 2 saturated heterocycles. The molecule has 3 heterocycles. The molecule has 1 N–H and O–H groups in total. The van der Waals surface area contributed by atoms with Gasteiger partial charge in [0.1, 0.15) is 5.82 Å². The van der Waals surface area contributed by atoms with Crippen molar-refractivity contribution >= 4 is 16.9 Å². The second kappa shape index (κ2) is 7.16. The van der Waals surface area contributed by atoms with Crippen molar-refractivity contribution in [1.82, 2.24) is 14.9 Å². The van der Waals surface area contributed by atoms with Crippen molar-refractivity contribution in [2.45, 2.75) is 44.9 Å². The zero-order valence-corrected chi connectivity index (χ0v) is 15.0. The smallest absolute Gasteiger partial charge is 0.222 e. The number of H-pyrrole nitrogens is 1. The van der Waals surface area contributed by atoms with Gasteiger partial charge < -0.3 is 14.6 Å². The number of amides is 1. The van der Waals surface area contributed by atoms with Crippen molar-refractivity contribution in [2.75, 3.05) is 26.3 Å². The molecule has 1 amide bonds. The van der Waals surface area contributed by atoms with Crippen molar-refractivity contribution in [3.05, 3.63) is 29.6 Å². The van der Waals surface area contributed by atoms with E-state index in [-0.39, 0.29) is 0 Å². The van der Waals surface area contributed by atoms with Gasteiger partial charge in [-0.3, -0.25) is 4.79 Å². The molecule has 2 aromatic rings. The maximum absolute atomic E-state index is 12.7. The highest BCUT2D eigenvalue weighted by atomic mass is 16.5. The third-order valence-electron chi connectivity index (χ3n) is 5.62. The SMILES string of the molecule is Cc1ccc2nc(C3CCCN(C(=O)CC4CCOCC4)C3)[nH]c2c1. The van der Waals surface area contributed by atoms with Crippen molar-refractivity contribution in [1.29, 1.82) is 0 Å². The van der Waals surface area contributed by atoms with Crippen LogP contribution in [0.15, 0.2) is 18.2 Å². The van der Waals surface area contributed by atoms with E-state index in [2.05, 4.69) is 35.0 Å². The molecule has 134 valence electrons. The fourth-order valence-electron chi connectivity index (χ4n) is 4.09. The Kier molecular flexibility index (Phi) is 4.75. The van der Waals surface area contributed by atoms with Gasteiger partial charge in [0.25, 0.3) is 0 Å². The van der Waals surface area contributed by atoms with E-state index in [1.807, 2.05) is 0 Å². The first-order valence-electron chi connectivity index (χ1n) is 9.51. The summed E-state index contributed by atoms with van der Waals surface area (Å²) in [6, 6.07) is 6.31.